The minimum atomic E-state index is 0.834. The molecule has 0 radical (unpaired) electrons. The Labute approximate surface area is 88.2 Å². The fourth-order valence-electron chi connectivity index (χ4n) is 1.28. The molecule has 0 aliphatic rings. The van der Waals surface area contributed by atoms with Gasteiger partial charge in [0.1, 0.15) is 12.7 Å². The average molecular weight is 203 g/mol. The van der Waals surface area contributed by atoms with Crippen LogP contribution in [0.25, 0.3) is 0 Å². The first kappa shape index (κ1) is 9.79. The highest BCUT2D eigenvalue weighted by Crippen LogP contribution is 1.93. The predicted octanol–water partition coefficient (Wildman–Crippen LogP) is 0.463. The monoisotopic (exact) mass is 203 g/mol. The second-order valence-corrected chi connectivity index (χ2v) is 3.20. The molecule has 0 aliphatic carbocycles. The maximum atomic E-state index is 4.05. The Bertz CT molecular complexity index is 370. The Morgan fingerprint density at radius 1 is 1.33 bits per heavy atom. The molecule has 15 heavy (non-hydrogen) atoms. The molecule has 0 fully saturated rings. The molecule has 0 saturated carbocycles. The molecule has 2 aromatic rings. The summed E-state index contributed by atoms with van der Waals surface area (Å²) in [5, 5.41) is 7.33. The molecule has 2 rings (SSSR count). The fraction of sp³-hybridized carbons (Fsp3) is 0.300. The van der Waals surface area contributed by atoms with Gasteiger partial charge in [0.15, 0.2) is 0 Å². The minimum Gasteiger partial charge on any atom is -0.311 e. The van der Waals surface area contributed by atoms with Crippen LogP contribution in [-0.2, 0) is 13.1 Å². The summed E-state index contributed by atoms with van der Waals surface area (Å²) >= 11 is 0. The summed E-state index contributed by atoms with van der Waals surface area (Å²) in [5.74, 6) is 0. The van der Waals surface area contributed by atoms with Gasteiger partial charge in [0.25, 0.3) is 0 Å². The number of aromatic nitrogens is 4. The molecule has 2 heterocycles. The summed E-state index contributed by atoms with van der Waals surface area (Å²) in [6, 6.07) is 3.99. The molecular formula is C10H13N5. The van der Waals surface area contributed by atoms with Crippen LogP contribution in [0, 0.1) is 0 Å². The van der Waals surface area contributed by atoms with Crippen LogP contribution in [0.3, 0.4) is 0 Å². The summed E-state index contributed by atoms with van der Waals surface area (Å²) in [5.41, 5.74) is 1.19. The summed E-state index contributed by atoms with van der Waals surface area (Å²) in [6.07, 6.45) is 6.90. The number of rotatable bonds is 5. The van der Waals surface area contributed by atoms with Gasteiger partial charge in [-0.1, -0.05) is 6.07 Å². The number of hydrogen-bond acceptors (Lipinski definition) is 4. The average Bonchev–Trinajstić information content (AvgIpc) is 2.79. The van der Waals surface area contributed by atoms with Gasteiger partial charge in [0.05, 0.1) is 6.54 Å². The van der Waals surface area contributed by atoms with Crippen molar-refractivity contribution < 1.29 is 0 Å². The van der Waals surface area contributed by atoms with Gasteiger partial charge in [-0.25, -0.2) is 4.98 Å². The van der Waals surface area contributed by atoms with Crippen molar-refractivity contribution in [2.75, 3.05) is 6.54 Å². The van der Waals surface area contributed by atoms with Gasteiger partial charge >= 0.3 is 0 Å². The van der Waals surface area contributed by atoms with E-state index >= 15 is 0 Å². The van der Waals surface area contributed by atoms with Crippen molar-refractivity contribution in [3.8, 4) is 0 Å². The zero-order valence-electron chi connectivity index (χ0n) is 8.37. The second kappa shape index (κ2) is 5.21. The lowest BCUT2D eigenvalue weighted by Crippen LogP contribution is -2.19. The maximum Gasteiger partial charge on any atom is 0.137 e. The van der Waals surface area contributed by atoms with E-state index in [9.17, 15) is 0 Å². The normalized spacial score (nSPS) is 10.4. The number of nitrogens with one attached hydrogen (secondary N) is 1. The van der Waals surface area contributed by atoms with Crippen LogP contribution < -0.4 is 5.32 Å². The zero-order chi connectivity index (χ0) is 10.3. The highest BCUT2D eigenvalue weighted by molar-refractivity contribution is 5.07. The van der Waals surface area contributed by atoms with E-state index in [2.05, 4.69) is 26.4 Å². The first-order valence-electron chi connectivity index (χ1n) is 4.87. The van der Waals surface area contributed by atoms with Crippen LogP contribution in [0.15, 0.2) is 37.2 Å². The molecule has 0 saturated heterocycles. The molecular weight excluding hydrogens is 190 g/mol. The van der Waals surface area contributed by atoms with E-state index in [0.29, 0.717) is 0 Å². The number of pyridine rings is 1. The third-order valence-electron chi connectivity index (χ3n) is 2.04. The Morgan fingerprint density at radius 3 is 3.07 bits per heavy atom. The van der Waals surface area contributed by atoms with Crippen LogP contribution in [0.4, 0.5) is 0 Å². The van der Waals surface area contributed by atoms with Crippen molar-refractivity contribution in [1.29, 1.82) is 0 Å². The van der Waals surface area contributed by atoms with Crippen LogP contribution in [0.1, 0.15) is 5.56 Å². The quantitative estimate of drug-likeness (QED) is 0.717. The Morgan fingerprint density at radius 2 is 2.33 bits per heavy atom. The number of hydrogen-bond donors (Lipinski definition) is 1. The van der Waals surface area contributed by atoms with E-state index in [1.807, 2.05) is 12.3 Å². The van der Waals surface area contributed by atoms with Crippen LogP contribution in [-0.4, -0.2) is 26.3 Å². The molecule has 0 aromatic carbocycles. The van der Waals surface area contributed by atoms with Crippen molar-refractivity contribution >= 4 is 0 Å². The van der Waals surface area contributed by atoms with Crippen molar-refractivity contribution in [2.24, 2.45) is 0 Å². The molecule has 5 heteroatoms. The van der Waals surface area contributed by atoms with E-state index in [0.717, 1.165) is 19.6 Å². The Kier molecular flexibility index (Phi) is 3.40. The van der Waals surface area contributed by atoms with E-state index in [4.69, 9.17) is 0 Å². The Hall–Kier alpha value is -1.75. The van der Waals surface area contributed by atoms with Gasteiger partial charge in [-0.3, -0.25) is 9.67 Å². The predicted molar refractivity (Wildman–Crippen MR) is 56.0 cm³/mol. The third kappa shape index (κ3) is 3.14. The van der Waals surface area contributed by atoms with Gasteiger partial charge in [-0.15, -0.1) is 0 Å². The molecule has 0 aliphatic heterocycles. The van der Waals surface area contributed by atoms with Crippen molar-refractivity contribution in [1.82, 2.24) is 25.1 Å². The SMILES string of the molecule is c1cncc(CNCCn2cncn2)c1. The first-order chi connectivity index (χ1) is 7.45. The highest BCUT2D eigenvalue weighted by Gasteiger charge is 1.92. The van der Waals surface area contributed by atoms with E-state index < -0.39 is 0 Å². The molecule has 1 N–H and O–H groups in total. The lowest BCUT2D eigenvalue weighted by atomic mass is 10.3. The van der Waals surface area contributed by atoms with Gasteiger partial charge in [-0.2, -0.15) is 5.10 Å². The molecule has 2 aromatic heterocycles. The lowest BCUT2D eigenvalue weighted by Gasteiger charge is -2.03. The first-order valence-corrected chi connectivity index (χ1v) is 4.87. The Balaban J connectivity index is 1.68. The fourth-order valence-corrected chi connectivity index (χ4v) is 1.28. The van der Waals surface area contributed by atoms with Crippen LogP contribution in [0.2, 0.25) is 0 Å². The van der Waals surface area contributed by atoms with Gasteiger partial charge in [0, 0.05) is 25.5 Å². The third-order valence-corrected chi connectivity index (χ3v) is 2.04. The summed E-state index contributed by atoms with van der Waals surface area (Å²) < 4.78 is 1.80. The summed E-state index contributed by atoms with van der Waals surface area (Å²) in [7, 11) is 0. The standard InChI is InChI=1S/C10H13N5/c1-2-10(6-11-3-1)7-12-4-5-15-9-13-8-14-15/h1-3,6,8-9,12H,4-5,7H2. The molecule has 0 bridgehead atoms. The van der Waals surface area contributed by atoms with Crippen LogP contribution >= 0.6 is 0 Å². The largest absolute Gasteiger partial charge is 0.311 e. The highest BCUT2D eigenvalue weighted by atomic mass is 15.3. The van der Waals surface area contributed by atoms with Crippen molar-refractivity contribution in [3.05, 3.63) is 42.7 Å². The topological polar surface area (TPSA) is 55.6 Å². The molecule has 5 nitrogen and oxygen atoms in total. The van der Waals surface area contributed by atoms with Gasteiger partial charge < -0.3 is 5.32 Å². The lowest BCUT2D eigenvalue weighted by molar-refractivity contribution is 0.553. The molecule has 0 spiro atoms. The van der Waals surface area contributed by atoms with E-state index in [-0.39, 0.29) is 0 Å². The van der Waals surface area contributed by atoms with E-state index in [1.165, 1.54) is 5.56 Å². The molecule has 0 atom stereocenters. The van der Waals surface area contributed by atoms with Crippen molar-refractivity contribution in [3.63, 3.8) is 0 Å². The summed E-state index contributed by atoms with van der Waals surface area (Å²) in [6.45, 7) is 2.54. The summed E-state index contributed by atoms with van der Waals surface area (Å²) in [4.78, 5) is 7.92. The zero-order valence-corrected chi connectivity index (χ0v) is 8.37. The molecule has 0 unspecified atom stereocenters. The van der Waals surface area contributed by atoms with Crippen LogP contribution in [0.5, 0.6) is 0 Å². The molecule has 78 valence electrons. The number of nitrogens with zero attached hydrogens (tertiary/aromatic N) is 4. The van der Waals surface area contributed by atoms with Crippen molar-refractivity contribution in [2.45, 2.75) is 13.1 Å². The second-order valence-electron chi connectivity index (χ2n) is 3.20. The van der Waals surface area contributed by atoms with Gasteiger partial charge in [-0.05, 0) is 11.6 Å². The smallest absolute Gasteiger partial charge is 0.137 e. The minimum absolute atomic E-state index is 0.834. The van der Waals surface area contributed by atoms with E-state index in [1.54, 1.807) is 23.5 Å². The molecule has 0 amide bonds. The van der Waals surface area contributed by atoms with Gasteiger partial charge in [0.2, 0.25) is 0 Å². The maximum absolute atomic E-state index is 4.05.